The molecular formula is C14H19O3P. The molecule has 0 aromatic heterocycles. The largest absolute Gasteiger partial charge is 0.354 e. The minimum atomic E-state index is -3.07. The Kier molecular flexibility index (Phi) is 6.66. The van der Waals surface area contributed by atoms with Gasteiger partial charge in [0.2, 0.25) is 0 Å². The van der Waals surface area contributed by atoms with Crippen LogP contribution < -0.4 is 0 Å². The van der Waals surface area contributed by atoms with Crippen molar-refractivity contribution < 1.29 is 13.6 Å². The molecule has 0 spiro atoms. The second-order valence-electron chi connectivity index (χ2n) is 3.49. The summed E-state index contributed by atoms with van der Waals surface area (Å²) in [4.78, 5) is 0. The zero-order chi connectivity index (χ0) is 13.3. The molecule has 0 amide bonds. The first-order valence-corrected chi connectivity index (χ1v) is 7.61. The molecule has 4 heteroatoms. The summed E-state index contributed by atoms with van der Waals surface area (Å²) in [5, 5.41) is 0. The maximum atomic E-state index is 12.1. The molecule has 0 fully saturated rings. The number of rotatable bonds is 7. The molecule has 1 aromatic rings. The number of hydrogen-bond acceptors (Lipinski definition) is 3. The fraction of sp³-hybridized carbons (Fsp3) is 0.286. The summed E-state index contributed by atoms with van der Waals surface area (Å²) in [6, 6.07) is 9.89. The van der Waals surface area contributed by atoms with E-state index in [4.69, 9.17) is 9.05 Å². The molecule has 1 aromatic carbocycles. The molecule has 0 saturated carbocycles. The van der Waals surface area contributed by atoms with E-state index in [0.717, 1.165) is 5.56 Å². The Labute approximate surface area is 109 Å². The third-order valence-electron chi connectivity index (χ3n) is 2.09. The molecule has 0 unspecified atom stereocenters. The van der Waals surface area contributed by atoms with E-state index in [1.807, 2.05) is 42.5 Å². The highest BCUT2D eigenvalue weighted by Gasteiger charge is 2.17. The minimum absolute atomic E-state index is 0.365. The highest BCUT2D eigenvalue weighted by Crippen LogP contribution is 2.49. The van der Waals surface area contributed by atoms with Gasteiger partial charge in [-0.15, -0.1) is 0 Å². The summed E-state index contributed by atoms with van der Waals surface area (Å²) < 4.78 is 22.3. The lowest BCUT2D eigenvalue weighted by molar-refractivity contribution is 0.229. The Balaban J connectivity index is 2.62. The molecule has 0 saturated heterocycles. The van der Waals surface area contributed by atoms with Crippen LogP contribution in [0, 0.1) is 0 Å². The summed E-state index contributed by atoms with van der Waals surface area (Å²) in [6.45, 7) is 4.31. The van der Waals surface area contributed by atoms with Crippen LogP contribution in [-0.4, -0.2) is 13.2 Å². The first-order chi connectivity index (χ1) is 8.70. The monoisotopic (exact) mass is 266 g/mol. The van der Waals surface area contributed by atoms with E-state index in [0.29, 0.717) is 13.2 Å². The number of hydrogen-bond donors (Lipinski definition) is 0. The number of allylic oxidation sites excluding steroid dienone is 2. The predicted octanol–water partition coefficient (Wildman–Crippen LogP) is 4.48. The van der Waals surface area contributed by atoms with Gasteiger partial charge in [0.25, 0.3) is 0 Å². The highest BCUT2D eigenvalue weighted by atomic mass is 31.2. The standard InChI is InChI=1S/C14H19O3P/c1-3-16-18(15,17-4-2)13-9-8-12-14-10-6-5-7-11-14/h5-13H,3-4H2,1-2H3. The van der Waals surface area contributed by atoms with Crippen LogP contribution in [0.4, 0.5) is 0 Å². The molecule has 0 bridgehead atoms. The Morgan fingerprint density at radius 3 is 2.22 bits per heavy atom. The average Bonchev–Trinajstić information content (AvgIpc) is 2.37. The van der Waals surface area contributed by atoms with Gasteiger partial charge in [0.1, 0.15) is 0 Å². The van der Waals surface area contributed by atoms with E-state index in [2.05, 4.69) is 0 Å². The molecule has 0 aliphatic rings. The summed E-state index contributed by atoms with van der Waals surface area (Å²) in [5.41, 5.74) is 1.09. The highest BCUT2D eigenvalue weighted by molar-refractivity contribution is 7.57. The van der Waals surface area contributed by atoms with Gasteiger partial charge >= 0.3 is 7.60 Å². The fourth-order valence-electron chi connectivity index (χ4n) is 1.37. The van der Waals surface area contributed by atoms with E-state index < -0.39 is 7.60 Å². The van der Waals surface area contributed by atoms with Crippen molar-refractivity contribution in [2.75, 3.05) is 13.2 Å². The first-order valence-electron chi connectivity index (χ1n) is 6.00. The van der Waals surface area contributed by atoms with Crippen LogP contribution >= 0.6 is 7.60 Å². The van der Waals surface area contributed by atoms with E-state index in [9.17, 15) is 4.57 Å². The van der Waals surface area contributed by atoms with Crippen molar-refractivity contribution in [1.29, 1.82) is 0 Å². The molecule has 18 heavy (non-hydrogen) atoms. The van der Waals surface area contributed by atoms with Crippen LogP contribution in [0.15, 0.2) is 48.3 Å². The van der Waals surface area contributed by atoms with Gasteiger partial charge in [0.15, 0.2) is 0 Å². The summed E-state index contributed by atoms with van der Waals surface area (Å²) >= 11 is 0. The first kappa shape index (κ1) is 14.9. The molecule has 0 aliphatic heterocycles. The summed E-state index contributed by atoms with van der Waals surface area (Å²) in [5.74, 6) is 1.49. The van der Waals surface area contributed by atoms with E-state index >= 15 is 0 Å². The lowest BCUT2D eigenvalue weighted by Gasteiger charge is -2.11. The molecular weight excluding hydrogens is 247 g/mol. The fourth-order valence-corrected chi connectivity index (χ4v) is 2.65. The lowest BCUT2D eigenvalue weighted by atomic mass is 10.2. The van der Waals surface area contributed by atoms with Crippen LogP contribution in [0.1, 0.15) is 19.4 Å². The van der Waals surface area contributed by atoms with E-state index in [-0.39, 0.29) is 0 Å². The quantitative estimate of drug-likeness (QED) is 0.539. The SMILES string of the molecule is CCOP(=O)(C=CC=Cc1ccccc1)OCC. The van der Waals surface area contributed by atoms with E-state index in [1.54, 1.807) is 19.9 Å². The van der Waals surface area contributed by atoms with Gasteiger partial charge in [-0.25, -0.2) is 0 Å². The van der Waals surface area contributed by atoms with Gasteiger partial charge < -0.3 is 9.05 Å². The number of benzene rings is 1. The summed E-state index contributed by atoms with van der Waals surface area (Å²) in [7, 11) is -3.07. The van der Waals surface area contributed by atoms with Gasteiger partial charge in [0, 0.05) is 5.82 Å². The average molecular weight is 266 g/mol. The molecule has 0 radical (unpaired) electrons. The molecule has 0 N–H and O–H groups in total. The van der Waals surface area contributed by atoms with Gasteiger partial charge in [-0.1, -0.05) is 48.6 Å². The van der Waals surface area contributed by atoms with Crippen molar-refractivity contribution in [3.05, 3.63) is 53.9 Å². The van der Waals surface area contributed by atoms with Crippen molar-refractivity contribution in [2.24, 2.45) is 0 Å². The van der Waals surface area contributed by atoms with Crippen molar-refractivity contribution in [2.45, 2.75) is 13.8 Å². The zero-order valence-electron chi connectivity index (χ0n) is 10.8. The van der Waals surface area contributed by atoms with Crippen molar-refractivity contribution >= 4 is 13.7 Å². The Hall–Kier alpha value is -1.15. The second-order valence-corrected chi connectivity index (χ2v) is 5.38. The van der Waals surface area contributed by atoms with Crippen LogP contribution in [0.25, 0.3) is 6.08 Å². The third-order valence-corrected chi connectivity index (χ3v) is 3.86. The molecule has 0 heterocycles. The van der Waals surface area contributed by atoms with Crippen LogP contribution in [0.2, 0.25) is 0 Å². The van der Waals surface area contributed by atoms with Crippen molar-refractivity contribution in [3.63, 3.8) is 0 Å². The summed E-state index contributed by atoms with van der Waals surface area (Å²) in [6.07, 6.45) is 5.44. The topological polar surface area (TPSA) is 35.5 Å². The van der Waals surface area contributed by atoms with E-state index in [1.165, 1.54) is 5.82 Å². The van der Waals surface area contributed by atoms with Crippen LogP contribution in [0.5, 0.6) is 0 Å². The van der Waals surface area contributed by atoms with Gasteiger partial charge in [0.05, 0.1) is 13.2 Å². The van der Waals surface area contributed by atoms with Crippen molar-refractivity contribution in [1.82, 2.24) is 0 Å². The lowest BCUT2D eigenvalue weighted by Crippen LogP contribution is -1.92. The normalized spacial score (nSPS) is 12.6. The van der Waals surface area contributed by atoms with Gasteiger partial charge in [-0.2, -0.15) is 0 Å². The Bertz CT molecular complexity index is 428. The molecule has 0 aliphatic carbocycles. The molecule has 98 valence electrons. The maximum Gasteiger partial charge on any atom is 0.354 e. The third kappa shape index (κ3) is 5.46. The second kappa shape index (κ2) is 8.04. The molecule has 3 nitrogen and oxygen atoms in total. The van der Waals surface area contributed by atoms with Gasteiger partial charge in [-0.05, 0) is 19.4 Å². The Morgan fingerprint density at radius 2 is 1.67 bits per heavy atom. The molecule has 1 rings (SSSR count). The Morgan fingerprint density at radius 1 is 1.06 bits per heavy atom. The zero-order valence-corrected chi connectivity index (χ0v) is 11.7. The maximum absolute atomic E-state index is 12.1. The predicted molar refractivity (Wildman–Crippen MR) is 75.5 cm³/mol. The minimum Gasteiger partial charge on any atom is -0.306 e. The van der Waals surface area contributed by atoms with Crippen molar-refractivity contribution in [3.8, 4) is 0 Å². The van der Waals surface area contributed by atoms with Crippen LogP contribution in [0.3, 0.4) is 0 Å². The molecule has 0 atom stereocenters. The van der Waals surface area contributed by atoms with Crippen LogP contribution in [-0.2, 0) is 13.6 Å². The smallest absolute Gasteiger partial charge is 0.306 e. The van der Waals surface area contributed by atoms with Gasteiger partial charge in [-0.3, -0.25) is 4.57 Å².